The van der Waals surface area contributed by atoms with Gasteiger partial charge in [0, 0.05) is 24.5 Å². The van der Waals surface area contributed by atoms with Gasteiger partial charge in [-0.05, 0) is 108 Å². The molecule has 2 aromatic rings. The molecule has 1 aliphatic heterocycles. The molecule has 244 valence electrons. The van der Waals surface area contributed by atoms with E-state index in [1.165, 1.54) is 6.42 Å². The van der Waals surface area contributed by atoms with Crippen molar-refractivity contribution in [2.45, 2.75) is 105 Å². The number of benzene rings is 2. The van der Waals surface area contributed by atoms with E-state index >= 15 is 0 Å². The van der Waals surface area contributed by atoms with Gasteiger partial charge in [0.15, 0.2) is 6.54 Å². The summed E-state index contributed by atoms with van der Waals surface area (Å²) < 4.78 is 0.795. The average Bonchev–Trinajstić information content (AvgIpc) is 2.96. The van der Waals surface area contributed by atoms with E-state index < -0.39 is 0 Å². The van der Waals surface area contributed by atoms with E-state index in [1.54, 1.807) is 0 Å². The van der Waals surface area contributed by atoms with Gasteiger partial charge in [-0.2, -0.15) is 0 Å². The first-order chi connectivity index (χ1) is 21.2. The fraction of sp³-hybridized carbons (Fsp3) is 0.622. The molecule has 0 bridgehead atoms. The first-order valence-electron chi connectivity index (χ1n) is 17.1. The number of nitrogens with one attached hydrogen (secondary N) is 2. The standard InChI is InChI=1S/C37H58N4O3/c1-6-7-11-24-41(26-13-14-27-42,28-34(43)38-35-29(2)17-15-18-30(35)3)25-12-9-8-10-22-40-23-21-33(40)37(44)39-36-31(4)19-16-20-32(36)5/h15-20,33,42H,6-14,21-28H2,1-5H3,(H-,38,39,43,44)/p+1. The van der Waals surface area contributed by atoms with Crippen molar-refractivity contribution >= 4 is 23.2 Å². The van der Waals surface area contributed by atoms with Gasteiger partial charge >= 0.3 is 0 Å². The molecule has 3 rings (SSSR count). The molecule has 0 aliphatic carbocycles. The van der Waals surface area contributed by atoms with Gasteiger partial charge in [-0.1, -0.05) is 56.2 Å². The number of unbranched alkanes of at least 4 members (excludes halogenated alkanes) is 6. The summed E-state index contributed by atoms with van der Waals surface area (Å²) in [5.74, 6) is 0.204. The Kier molecular flexibility index (Phi) is 14.8. The van der Waals surface area contributed by atoms with Crippen LogP contribution in [0.2, 0.25) is 0 Å². The number of amides is 2. The predicted molar refractivity (Wildman–Crippen MR) is 183 cm³/mol. The molecule has 1 fully saturated rings. The lowest BCUT2D eigenvalue weighted by Gasteiger charge is -2.40. The number of aryl methyl sites for hydroxylation is 4. The number of quaternary nitrogens is 1. The Morgan fingerprint density at radius 1 is 0.773 bits per heavy atom. The van der Waals surface area contributed by atoms with Crippen molar-refractivity contribution in [3.8, 4) is 0 Å². The lowest BCUT2D eigenvalue weighted by molar-refractivity contribution is -0.921. The van der Waals surface area contributed by atoms with Crippen LogP contribution in [0.4, 0.5) is 11.4 Å². The number of hydrogen-bond donors (Lipinski definition) is 3. The Labute approximate surface area is 267 Å². The van der Waals surface area contributed by atoms with Gasteiger partial charge in [0.25, 0.3) is 5.91 Å². The van der Waals surface area contributed by atoms with Crippen LogP contribution in [0.25, 0.3) is 0 Å². The summed E-state index contributed by atoms with van der Waals surface area (Å²) >= 11 is 0. The van der Waals surface area contributed by atoms with Crippen LogP contribution in [0.5, 0.6) is 0 Å². The van der Waals surface area contributed by atoms with Gasteiger partial charge in [0.1, 0.15) is 0 Å². The molecule has 0 spiro atoms. The molecule has 1 aliphatic rings. The Morgan fingerprint density at radius 3 is 1.82 bits per heavy atom. The molecule has 2 aromatic carbocycles. The molecule has 7 heteroatoms. The molecule has 1 saturated heterocycles. The van der Waals surface area contributed by atoms with Crippen molar-refractivity contribution in [3.05, 3.63) is 58.7 Å². The van der Waals surface area contributed by atoms with Crippen molar-refractivity contribution in [2.75, 3.05) is 56.5 Å². The van der Waals surface area contributed by atoms with Crippen molar-refractivity contribution in [1.82, 2.24) is 4.90 Å². The number of carbonyl (C=O) groups is 2. The first-order valence-corrected chi connectivity index (χ1v) is 17.1. The fourth-order valence-corrected chi connectivity index (χ4v) is 6.66. The van der Waals surface area contributed by atoms with E-state index in [0.717, 1.165) is 129 Å². The number of aliphatic hydroxyl groups is 1. The second kappa shape index (κ2) is 18.3. The minimum Gasteiger partial charge on any atom is -0.396 e. The number of rotatable bonds is 20. The van der Waals surface area contributed by atoms with E-state index in [9.17, 15) is 14.7 Å². The highest BCUT2D eigenvalue weighted by atomic mass is 16.3. The van der Waals surface area contributed by atoms with Crippen molar-refractivity contribution < 1.29 is 19.2 Å². The Morgan fingerprint density at radius 2 is 1.30 bits per heavy atom. The van der Waals surface area contributed by atoms with E-state index in [-0.39, 0.29) is 24.5 Å². The number of para-hydroxylation sites is 2. The molecule has 0 aromatic heterocycles. The molecule has 7 nitrogen and oxygen atoms in total. The third-order valence-corrected chi connectivity index (χ3v) is 9.49. The maximum atomic E-state index is 13.5. The molecular weight excluding hydrogens is 548 g/mol. The summed E-state index contributed by atoms with van der Waals surface area (Å²) in [6.07, 6.45) is 10.5. The normalized spacial score (nSPS) is 16.3. The number of carbonyl (C=O) groups excluding carboxylic acids is 2. The summed E-state index contributed by atoms with van der Waals surface area (Å²) in [6.45, 7) is 15.9. The average molecular weight is 608 g/mol. The van der Waals surface area contributed by atoms with Crippen LogP contribution < -0.4 is 10.6 Å². The first kappa shape index (κ1) is 35.7. The van der Waals surface area contributed by atoms with Crippen LogP contribution in [0.1, 0.15) is 93.4 Å². The SMILES string of the molecule is CCCCC[N+](CCCCO)(CCCCCCN1CCC1C(=O)Nc1c(C)cccc1C)CC(=O)Nc1c(C)cccc1C. The van der Waals surface area contributed by atoms with Crippen LogP contribution in [0, 0.1) is 27.7 Å². The molecule has 2 amide bonds. The van der Waals surface area contributed by atoms with Gasteiger partial charge in [0.2, 0.25) is 5.91 Å². The molecule has 0 radical (unpaired) electrons. The number of hydrogen-bond acceptors (Lipinski definition) is 4. The number of aliphatic hydroxyl groups excluding tert-OH is 1. The highest BCUT2D eigenvalue weighted by molar-refractivity contribution is 5.96. The van der Waals surface area contributed by atoms with Crippen LogP contribution in [-0.4, -0.2) is 78.2 Å². The molecular formula is C37H59N4O3+. The quantitative estimate of drug-likeness (QED) is 0.113. The van der Waals surface area contributed by atoms with Crippen molar-refractivity contribution in [1.29, 1.82) is 0 Å². The minimum absolute atomic E-state index is 0.0289. The van der Waals surface area contributed by atoms with Crippen LogP contribution >= 0.6 is 0 Å². The zero-order valence-electron chi connectivity index (χ0n) is 28.2. The van der Waals surface area contributed by atoms with E-state index in [4.69, 9.17) is 0 Å². The predicted octanol–water partition coefficient (Wildman–Crippen LogP) is 6.91. The largest absolute Gasteiger partial charge is 0.396 e. The molecule has 1 heterocycles. The molecule has 2 atom stereocenters. The smallest absolute Gasteiger partial charge is 0.279 e. The lowest BCUT2D eigenvalue weighted by Crippen LogP contribution is -2.54. The maximum Gasteiger partial charge on any atom is 0.279 e. The highest BCUT2D eigenvalue weighted by Gasteiger charge is 2.34. The Bertz CT molecular complexity index is 1150. The van der Waals surface area contributed by atoms with Crippen LogP contribution in [0.3, 0.4) is 0 Å². The van der Waals surface area contributed by atoms with Crippen LogP contribution in [0.15, 0.2) is 36.4 Å². The molecule has 3 N–H and O–H groups in total. The summed E-state index contributed by atoms with van der Waals surface area (Å²) in [6, 6.07) is 12.2. The summed E-state index contributed by atoms with van der Waals surface area (Å²) in [7, 11) is 0. The Balaban J connectivity index is 1.52. The number of nitrogens with zero attached hydrogens (tertiary/aromatic N) is 2. The molecule has 44 heavy (non-hydrogen) atoms. The monoisotopic (exact) mass is 607 g/mol. The van der Waals surface area contributed by atoms with E-state index in [2.05, 4.69) is 22.5 Å². The third kappa shape index (κ3) is 10.7. The number of anilines is 2. The Hall–Kier alpha value is -2.74. The topological polar surface area (TPSA) is 81.7 Å². The van der Waals surface area contributed by atoms with E-state index in [0.29, 0.717) is 6.54 Å². The van der Waals surface area contributed by atoms with Crippen LogP contribution in [-0.2, 0) is 9.59 Å². The zero-order chi connectivity index (χ0) is 32.0. The summed E-state index contributed by atoms with van der Waals surface area (Å²) in [5.41, 5.74) is 6.28. The third-order valence-electron chi connectivity index (χ3n) is 9.49. The van der Waals surface area contributed by atoms with Crippen molar-refractivity contribution in [2.24, 2.45) is 0 Å². The van der Waals surface area contributed by atoms with E-state index in [1.807, 2.05) is 64.1 Å². The van der Waals surface area contributed by atoms with Gasteiger partial charge in [0.05, 0.1) is 25.7 Å². The van der Waals surface area contributed by atoms with Gasteiger partial charge in [-0.15, -0.1) is 0 Å². The second-order valence-electron chi connectivity index (χ2n) is 13.1. The highest BCUT2D eigenvalue weighted by Crippen LogP contribution is 2.25. The zero-order valence-corrected chi connectivity index (χ0v) is 28.2. The minimum atomic E-state index is -0.0289. The van der Waals surface area contributed by atoms with Crippen molar-refractivity contribution in [3.63, 3.8) is 0 Å². The molecule has 2 unspecified atom stereocenters. The summed E-state index contributed by atoms with van der Waals surface area (Å²) in [5, 5.41) is 15.9. The van der Waals surface area contributed by atoms with Gasteiger partial charge < -0.3 is 20.2 Å². The second-order valence-corrected chi connectivity index (χ2v) is 13.1. The number of likely N-dealkylation sites (tertiary alicyclic amines) is 1. The molecule has 0 saturated carbocycles. The van der Waals surface area contributed by atoms with Gasteiger partial charge in [-0.3, -0.25) is 14.5 Å². The fourth-order valence-electron chi connectivity index (χ4n) is 6.66. The summed E-state index contributed by atoms with van der Waals surface area (Å²) in [4.78, 5) is 28.8. The lowest BCUT2D eigenvalue weighted by atomic mass is 10.00. The van der Waals surface area contributed by atoms with Gasteiger partial charge in [-0.25, -0.2) is 0 Å². The maximum absolute atomic E-state index is 13.5.